The van der Waals surface area contributed by atoms with Crippen molar-refractivity contribution in [1.29, 1.82) is 0 Å². The largest absolute Gasteiger partial charge is 0.312 e. The van der Waals surface area contributed by atoms with Crippen molar-refractivity contribution in [3.63, 3.8) is 0 Å². The molecule has 3 heterocycles. The van der Waals surface area contributed by atoms with Crippen LogP contribution in [0.25, 0.3) is 0 Å². The van der Waals surface area contributed by atoms with E-state index in [4.69, 9.17) is 9.97 Å². The average molecular weight is 322 g/mol. The van der Waals surface area contributed by atoms with Crippen molar-refractivity contribution in [2.75, 3.05) is 18.1 Å². The predicted octanol–water partition coefficient (Wildman–Crippen LogP) is 3.30. The Bertz CT molecular complexity index is 530. The molecule has 1 aromatic heterocycles. The summed E-state index contributed by atoms with van der Waals surface area (Å²) >= 11 is 4.14. The van der Waals surface area contributed by atoms with Gasteiger partial charge in [0.05, 0.1) is 16.6 Å². The monoisotopic (exact) mass is 321 g/mol. The highest BCUT2D eigenvalue weighted by molar-refractivity contribution is 8.06. The van der Waals surface area contributed by atoms with E-state index in [1.807, 2.05) is 0 Å². The molecule has 0 amide bonds. The molecular weight excluding hydrogens is 298 g/mol. The number of hydrogen-bond donors (Lipinski definition) is 1. The third-order valence-electron chi connectivity index (χ3n) is 4.92. The summed E-state index contributed by atoms with van der Waals surface area (Å²) < 4.78 is 0. The van der Waals surface area contributed by atoms with Gasteiger partial charge in [0.15, 0.2) is 0 Å². The number of aromatic nitrogens is 2. The Morgan fingerprint density at radius 2 is 2.00 bits per heavy atom. The summed E-state index contributed by atoms with van der Waals surface area (Å²) in [4.78, 5) is 10.1. The summed E-state index contributed by atoms with van der Waals surface area (Å²) in [5, 5.41) is 4.63. The van der Waals surface area contributed by atoms with E-state index in [0.29, 0.717) is 16.4 Å². The molecule has 2 unspecified atom stereocenters. The lowest BCUT2D eigenvalue weighted by molar-refractivity contribution is 0.402. The van der Waals surface area contributed by atoms with Crippen LogP contribution in [0, 0.1) is 0 Å². The quantitative estimate of drug-likeness (QED) is 0.905. The maximum atomic E-state index is 5.10. The molecule has 1 saturated carbocycles. The van der Waals surface area contributed by atoms with E-state index in [1.165, 1.54) is 47.7 Å². The molecule has 3 aliphatic rings. The Morgan fingerprint density at radius 1 is 1.14 bits per heavy atom. The first-order valence-electron chi connectivity index (χ1n) is 8.16. The highest BCUT2D eigenvalue weighted by atomic mass is 32.2. The summed E-state index contributed by atoms with van der Waals surface area (Å²) in [5.74, 6) is 4.34. The third-order valence-corrected chi connectivity index (χ3v) is 8.00. The van der Waals surface area contributed by atoms with Gasteiger partial charge in [0.25, 0.3) is 0 Å². The molecule has 1 saturated heterocycles. The smallest absolute Gasteiger partial charge is 0.142 e. The van der Waals surface area contributed by atoms with Crippen molar-refractivity contribution in [2.45, 2.75) is 55.6 Å². The van der Waals surface area contributed by atoms with Crippen LogP contribution in [0.3, 0.4) is 0 Å². The fourth-order valence-electron chi connectivity index (χ4n) is 3.45. The molecule has 4 rings (SSSR count). The van der Waals surface area contributed by atoms with Crippen LogP contribution in [-0.4, -0.2) is 33.3 Å². The molecule has 2 aliphatic heterocycles. The van der Waals surface area contributed by atoms with Crippen LogP contribution in [-0.2, 0) is 13.0 Å². The zero-order valence-corrected chi connectivity index (χ0v) is 14.2. The molecule has 0 aromatic carbocycles. The van der Waals surface area contributed by atoms with Crippen molar-refractivity contribution in [1.82, 2.24) is 15.3 Å². The summed E-state index contributed by atoms with van der Waals surface area (Å²) in [6.45, 7) is 4.38. The standard InChI is InChI=1S/C16H23N3S2/c1-10-15(21-8-7-20-10)16-18-13-5-6-17-9-12(13)14(19-16)11-3-2-4-11/h10-11,15,17H,2-9H2,1H3. The van der Waals surface area contributed by atoms with Crippen molar-refractivity contribution in [3.8, 4) is 0 Å². The second kappa shape index (κ2) is 6.09. The minimum absolute atomic E-state index is 0.489. The topological polar surface area (TPSA) is 37.8 Å². The Morgan fingerprint density at radius 3 is 2.76 bits per heavy atom. The van der Waals surface area contributed by atoms with Crippen LogP contribution < -0.4 is 5.32 Å². The first-order chi connectivity index (χ1) is 10.3. The number of hydrogen-bond acceptors (Lipinski definition) is 5. The molecule has 21 heavy (non-hydrogen) atoms. The van der Waals surface area contributed by atoms with E-state index in [0.717, 1.165) is 25.3 Å². The summed E-state index contributed by atoms with van der Waals surface area (Å²) in [6, 6.07) is 0. The molecule has 0 spiro atoms. The molecule has 0 bridgehead atoms. The second-order valence-corrected chi connectivity index (χ2v) is 9.05. The molecule has 2 fully saturated rings. The maximum Gasteiger partial charge on any atom is 0.142 e. The molecular formula is C16H23N3S2. The maximum absolute atomic E-state index is 5.10. The van der Waals surface area contributed by atoms with Crippen molar-refractivity contribution in [3.05, 3.63) is 22.8 Å². The first kappa shape index (κ1) is 14.3. The summed E-state index contributed by atoms with van der Waals surface area (Å²) in [7, 11) is 0. The van der Waals surface area contributed by atoms with Gasteiger partial charge in [-0.25, -0.2) is 9.97 Å². The molecule has 1 aromatic rings. The van der Waals surface area contributed by atoms with Crippen LogP contribution in [0.5, 0.6) is 0 Å². The fourth-order valence-corrected chi connectivity index (χ4v) is 6.14. The van der Waals surface area contributed by atoms with Gasteiger partial charge in [0.2, 0.25) is 0 Å². The van der Waals surface area contributed by atoms with Crippen molar-refractivity contribution in [2.24, 2.45) is 0 Å². The Hall–Kier alpha value is -0.260. The lowest BCUT2D eigenvalue weighted by Crippen LogP contribution is -2.30. The molecule has 5 heteroatoms. The number of thioether (sulfide) groups is 2. The lowest BCUT2D eigenvalue weighted by atomic mass is 9.80. The van der Waals surface area contributed by atoms with Crippen LogP contribution in [0.1, 0.15) is 60.1 Å². The van der Waals surface area contributed by atoms with E-state index < -0.39 is 0 Å². The normalized spacial score (nSPS) is 29.8. The van der Waals surface area contributed by atoms with Gasteiger partial charge < -0.3 is 5.32 Å². The van der Waals surface area contributed by atoms with E-state index in [2.05, 4.69) is 35.8 Å². The molecule has 1 aliphatic carbocycles. The average Bonchev–Trinajstić information content (AvgIpc) is 2.46. The highest BCUT2D eigenvalue weighted by Gasteiger charge is 2.32. The molecule has 1 N–H and O–H groups in total. The highest BCUT2D eigenvalue weighted by Crippen LogP contribution is 2.43. The number of nitrogens with one attached hydrogen (secondary N) is 1. The van der Waals surface area contributed by atoms with Crippen molar-refractivity contribution < 1.29 is 0 Å². The number of fused-ring (bicyclic) bond motifs is 1. The fraction of sp³-hybridized carbons (Fsp3) is 0.750. The Balaban J connectivity index is 1.73. The second-order valence-electron chi connectivity index (χ2n) is 6.31. The molecule has 3 nitrogen and oxygen atoms in total. The lowest BCUT2D eigenvalue weighted by Gasteiger charge is -2.32. The van der Waals surface area contributed by atoms with Crippen LogP contribution >= 0.6 is 23.5 Å². The van der Waals surface area contributed by atoms with Crippen LogP contribution in [0.2, 0.25) is 0 Å². The van der Waals surface area contributed by atoms with Gasteiger partial charge in [0, 0.05) is 47.7 Å². The summed E-state index contributed by atoms with van der Waals surface area (Å²) in [6.07, 6.45) is 5.09. The van der Waals surface area contributed by atoms with Gasteiger partial charge in [-0.05, 0) is 12.8 Å². The Labute approximate surface area is 135 Å². The van der Waals surface area contributed by atoms with Gasteiger partial charge in [-0.2, -0.15) is 11.8 Å². The number of nitrogens with zero attached hydrogens (tertiary/aromatic N) is 2. The van der Waals surface area contributed by atoms with E-state index in [1.54, 1.807) is 0 Å². The molecule has 0 radical (unpaired) electrons. The molecule has 114 valence electrons. The van der Waals surface area contributed by atoms with Gasteiger partial charge in [0.1, 0.15) is 5.82 Å². The van der Waals surface area contributed by atoms with E-state index >= 15 is 0 Å². The van der Waals surface area contributed by atoms with Gasteiger partial charge >= 0.3 is 0 Å². The summed E-state index contributed by atoms with van der Waals surface area (Å²) in [5.41, 5.74) is 4.15. The van der Waals surface area contributed by atoms with Crippen LogP contribution in [0.15, 0.2) is 0 Å². The van der Waals surface area contributed by atoms with Crippen LogP contribution in [0.4, 0.5) is 0 Å². The first-order valence-corrected chi connectivity index (χ1v) is 10.3. The minimum atomic E-state index is 0.489. The van der Waals surface area contributed by atoms with Gasteiger partial charge in [-0.15, -0.1) is 11.8 Å². The van der Waals surface area contributed by atoms with E-state index in [9.17, 15) is 0 Å². The van der Waals surface area contributed by atoms with E-state index in [-0.39, 0.29) is 0 Å². The molecule has 2 atom stereocenters. The van der Waals surface area contributed by atoms with Crippen molar-refractivity contribution >= 4 is 23.5 Å². The SMILES string of the molecule is CC1SCCSC1c1nc2c(c(C3CCC3)n1)CNCC2. The van der Waals surface area contributed by atoms with Gasteiger partial charge in [-0.1, -0.05) is 13.3 Å². The number of rotatable bonds is 2. The zero-order valence-electron chi connectivity index (χ0n) is 12.6. The van der Waals surface area contributed by atoms with Gasteiger partial charge in [-0.3, -0.25) is 0 Å². The Kier molecular flexibility index (Phi) is 4.16. The zero-order chi connectivity index (χ0) is 14.2. The third kappa shape index (κ3) is 2.73. The predicted molar refractivity (Wildman–Crippen MR) is 91.2 cm³/mol. The minimum Gasteiger partial charge on any atom is -0.312 e.